The van der Waals surface area contributed by atoms with Crippen molar-refractivity contribution in [2.24, 2.45) is 0 Å². The maximum atomic E-state index is 12.9. The summed E-state index contributed by atoms with van der Waals surface area (Å²) < 4.78 is 3.71. The van der Waals surface area contributed by atoms with Gasteiger partial charge in [-0.2, -0.15) is 10.2 Å². The molecule has 0 atom stereocenters. The number of rotatable bonds is 6. The summed E-state index contributed by atoms with van der Waals surface area (Å²) in [5.74, 6) is 0.624. The van der Waals surface area contributed by atoms with E-state index in [0.717, 1.165) is 42.9 Å². The molecule has 1 saturated heterocycles. The fourth-order valence-electron chi connectivity index (χ4n) is 4.12. The fraction of sp³-hybridized carbons (Fsp3) is 0.250. The number of amides is 1. The molecule has 2 aromatic heterocycles. The monoisotopic (exact) mass is 427 g/mol. The van der Waals surface area contributed by atoms with Crippen molar-refractivity contribution in [3.63, 3.8) is 0 Å². The van der Waals surface area contributed by atoms with E-state index in [1.54, 1.807) is 17.3 Å². The molecule has 1 fully saturated rings. The molecule has 4 aromatic rings. The van der Waals surface area contributed by atoms with Gasteiger partial charge in [0.2, 0.25) is 5.91 Å². The van der Waals surface area contributed by atoms with Crippen molar-refractivity contribution in [1.29, 1.82) is 0 Å². The van der Waals surface area contributed by atoms with Crippen molar-refractivity contribution >= 4 is 11.7 Å². The van der Waals surface area contributed by atoms with Crippen LogP contribution in [0.1, 0.15) is 18.9 Å². The Bertz CT molecular complexity index is 1150. The molecule has 0 bridgehead atoms. The molecule has 1 N–H and O–H groups in total. The van der Waals surface area contributed by atoms with E-state index >= 15 is 0 Å². The van der Waals surface area contributed by atoms with Gasteiger partial charge in [-0.25, -0.2) is 14.3 Å². The number of hydrogen-bond acceptors (Lipinski definition) is 5. The van der Waals surface area contributed by atoms with Crippen LogP contribution in [-0.4, -0.2) is 55.0 Å². The Morgan fingerprint density at radius 2 is 1.72 bits per heavy atom. The number of carbonyl (C=O) groups excluding carboxylic acids is 1. The van der Waals surface area contributed by atoms with Gasteiger partial charge in [-0.1, -0.05) is 48.5 Å². The van der Waals surface area contributed by atoms with Crippen LogP contribution in [0.5, 0.6) is 0 Å². The zero-order chi connectivity index (χ0) is 21.8. The maximum absolute atomic E-state index is 12.9. The molecule has 0 aliphatic carbocycles. The van der Waals surface area contributed by atoms with Gasteiger partial charge >= 0.3 is 0 Å². The van der Waals surface area contributed by atoms with Crippen LogP contribution in [0.2, 0.25) is 0 Å². The summed E-state index contributed by atoms with van der Waals surface area (Å²) in [4.78, 5) is 19.1. The standard InChI is InChI=1S/C24H25N7O/c32-24(16-29-13-11-20(12-14-29)30-18-25-17-26-30)27-23-15-22(19-7-3-1-4-8-19)28-31(23)21-9-5-2-6-10-21/h1-10,15,17-18,20H,11-14,16H2,(H,27,32). The van der Waals surface area contributed by atoms with Crippen LogP contribution in [0.3, 0.4) is 0 Å². The van der Waals surface area contributed by atoms with E-state index in [2.05, 4.69) is 20.3 Å². The van der Waals surface area contributed by atoms with Crippen LogP contribution >= 0.6 is 0 Å². The highest BCUT2D eigenvalue weighted by atomic mass is 16.2. The van der Waals surface area contributed by atoms with Gasteiger partial charge in [0.05, 0.1) is 24.0 Å². The molecule has 8 nitrogen and oxygen atoms in total. The number of aromatic nitrogens is 5. The van der Waals surface area contributed by atoms with E-state index in [9.17, 15) is 4.79 Å². The number of piperidine rings is 1. The van der Waals surface area contributed by atoms with Crippen LogP contribution in [-0.2, 0) is 4.79 Å². The Kier molecular flexibility index (Phi) is 5.76. The van der Waals surface area contributed by atoms with Crippen molar-refractivity contribution in [2.45, 2.75) is 18.9 Å². The van der Waals surface area contributed by atoms with Crippen molar-refractivity contribution in [3.05, 3.63) is 79.4 Å². The van der Waals surface area contributed by atoms with Crippen LogP contribution in [0.4, 0.5) is 5.82 Å². The van der Waals surface area contributed by atoms with Crippen LogP contribution in [0.15, 0.2) is 79.4 Å². The van der Waals surface area contributed by atoms with Gasteiger partial charge in [-0.05, 0) is 25.0 Å². The highest BCUT2D eigenvalue weighted by Crippen LogP contribution is 2.25. The van der Waals surface area contributed by atoms with Crippen molar-refractivity contribution in [3.8, 4) is 16.9 Å². The lowest BCUT2D eigenvalue weighted by Gasteiger charge is -2.31. The average Bonchev–Trinajstić information content (AvgIpc) is 3.51. The van der Waals surface area contributed by atoms with Crippen LogP contribution in [0.25, 0.3) is 16.9 Å². The van der Waals surface area contributed by atoms with Crippen LogP contribution in [0, 0.1) is 0 Å². The molecule has 1 aliphatic heterocycles. The molecule has 3 heterocycles. The summed E-state index contributed by atoms with van der Waals surface area (Å²) in [6.07, 6.45) is 5.25. The first-order valence-electron chi connectivity index (χ1n) is 10.8. The van der Waals surface area contributed by atoms with Gasteiger partial charge in [0.15, 0.2) is 0 Å². The Balaban J connectivity index is 1.29. The van der Waals surface area contributed by atoms with E-state index in [0.29, 0.717) is 18.4 Å². The Morgan fingerprint density at radius 3 is 2.41 bits per heavy atom. The second-order valence-corrected chi connectivity index (χ2v) is 7.96. The van der Waals surface area contributed by atoms with E-state index < -0.39 is 0 Å². The predicted molar refractivity (Wildman–Crippen MR) is 122 cm³/mol. The van der Waals surface area contributed by atoms with Gasteiger partial charge in [0.1, 0.15) is 18.5 Å². The summed E-state index contributed by atoms with van der Waals surface area (Å²) in [6, 6.07) is 22.1. The first kappa shape index (κ1) is 20.1. The highest BCUT2D eigenvalue weighted by molar-refractivity contribution is 5.92. The second-order valence-electron chi connectivity index (χ2n) is 7.96. The Hall–Kier alpha value is -3.78. The normalized spacial score (nSPS) is 15.0. The number of likely N-dealkylation sites (tertiary alicyclic amines) is 1. The van der Waals surface area contributed by atoms with Gasteiger partial charge in [0, 0.05) is 24.7 Å². The topological polar surface area (TPSA) is 80.9 Å². The van der Waals surface area contributed by atoms with E-state index in [1.165, 1.54) is 0 Å². The maximum Gasteiger partial charge on any atom is 0.239 e. The molecular weight excluding hydrogens is 402 g/mol. The number of benzene rings is 2. The van der Waals surface area contributed by atoms with Gasteiger partial charge in [0.25, 0.3) is 0 Å². The van der Waals surface area contributed by atoms with Crippen LogP contribution < -0.4 is 5.32 Å². The zero-order valence-electron chi connectivity index (χ0n) is 17.7. The summed E-state index contributed by atoms with van der Waals surface area (Å²) in [5, 5.41) is 12.1. The molecule has 0 spiro atoms. The lowest BCUT2D eigenvalue weighted by atomic mass is 10.1. The summed E-state index contributed by atoms with van der Waals surface area (Å²) >= 11 is 0. The van der Waals surface area contributed by atoms with Crippen molar-refractivity contribution in [2.75, 3.05) is 25.0 Å². The molecule has 1 amide bonds. The smallest absolute Gasteiger partial charge is 0.239 e. The minimum Gasteiger partial charge on any atom is -0.309 e. The quantitative estimate of drug-likeness (QED) is 0.510. The Labute approximate surface area is 186 Å². The molecular formula is C24H25N7O. The number of nitrogens with zero attached hydrogens (tertiary/aromatic N) is 6. The molecule has 8 heteroatoms. The third-order valence-electron chi connectivity index (χ3n) is 5.78. The minimum atomic E-state index is -0.0408. The van der Waals surface area contributed by atoms with Gasteiger partial charge in [-0.15, -0.1) is 0 Å². The van der Waals surface area contributed by atoms with Crippen molar-refractivity contribution < 1.29 is 4.79 Å². The molecule has 162 valence electrons. The first-order valence-corrected chi connectivity index (χ1v) is 10.8. The average molecular weight is 428 g/mol. The van der Waals surface area contributed by atoms with E-state index in [1.807, 2.05) is 71.4 Å². The highest BCUT2D eigenvalue weighted by Gasteiger charge is 2.23. The lowest BCUT2D eigenvalue weighted by molar-refractivity contribution is -0.117. The van der Waals surface area contributed by atoms with Crippen molar-refractivity contribution in [1.82, 2.24) is 29.4 Å². The largest absolute Gasteiger partial charge is 0.309 e. The molecule has 32 heavy (non-hydrogen) atoms. The predicted octanol–water partition coefficient (Wildman–Crippen LogP) is 3.41. The summed E-state index contributed by atoms with van der Waals surface area (Å²) in [5.41, 5.74) is 2.73. The number of hydrogen-bond donors (Lipinski definition) is 1. The molecule has 5 rings (SSSR count). The molecule has 0 radical (unpaired) electrons. The first-order chi connectivity index (χ1) is 15.8. The van der Waals surface area contributed by atoms with Gasteiger partial charge in [-0.3, -0.25) is 9.69 Å². The minimum absolute atomic E-state index is 0.0408. The van der Waals surface area contributed by atoms with Gasteiger partial charge < -0.3 is 5.32 Å². The summed E-state index contributed by atoms with van der Waals surface area (Å²) in [6.45, 7) is 2.06. The number of carbonyl (C=O) groups is 1. The Morgan fingerprint density at radius 1 is 1.00 bits per heavy atom. The molecule has 1 aliphatic rings. The molecule has 0 unspecified atom stereocenters. The lowest BCUT2D eigenvalue weighted by Crippen LogP contribution is -2.40. The zero-order valence-corrected chi connectivity index (χ0v) is 17.7. The molecule has 2 aromatic carbocycles. The SMILES string of the molecule is O=C(CN1CCC(n2cncn2)CC1)Nc1cc(-c2ccccc2)nn1-c1ccccc1. The van der Waals surface area contributed by atoms with E-state index in [-0.39, 0.29) is 5.91 Å². The fourth-order valence-corrected chi connectivity index (χ4v) is 4.12. The van der Waals surface area contributed by atoms with E-state index in [4.69, 9.17) is 5.10 Å². The number of anilines is 1. The third-order valence-corrected chi connectivity index (χ3v) is 5.78. The third kappa shape index (κ3) is 4.45. The number of nitrogens with one attached hydrogen (secondary N) is 1. The number of para-hydroxylation sites is 1. The second kappa shape index (κ2) is 9.15. The molecule has 0 saturated carbocycles. The summed E-state index contributed by atoms with van der Waals surface area (Å²) in [7, 11) is 0.